The Morgan fingerprint density at radius 3 is 2.56 bits per heavy atom. The molecule has 1 amide bonds. The SMILES string of the molecule is CNCC1CC(OCC(=O)N2CCN(C)CC2)C1. The lowest BCUT2D eigenvalue weighted by atomic mass is 9.82. The normalized spacial score (nSPS) is 29.1. The minimum atomic E-state index is 0.153. The first-order valence-corrected chi connectivity index (χ1v) is 6.91. The zero-order valence-electron chi connectivity index (χ0n) is 11.5. The van der Waals surface area contributed by atoms with E-state index in [0.717, 1.165) is 51.5 Å². The molecule has 5 nitrogen and oxygen atoms in total. The number of nitrogens with one attached hydrogen (secondary N) is 1. The summed E-state index contributed by atoms with van der Waals surface area (Å²) < 4.78 is 5.66. The number of amides is 1. The van der Waals surface area contributed by atoms with Crippen molar-refractivity contribution < 1.29 is 9.53 Å². The monoisotopic (exact) mass is 255 g/mol. The molecule has 1 saturated carbocycles. The Morgan fingerprint density at radius 1 is 1.28 bits per heavy atom. The molecule has 2 rings (SSSR count). The largest absolute Gasteiger partial charge is 0.368 e. The summed E-state index contributed by atoms with van der Waals surface area (Å²) in [5, 5.41) is 3.18. The number of carbonyl (C=O) groups is 1. The number of nitrogens with zero attached hydrogens (tertiary/aromatic N) is 2. The van der Waals surface area contributed by atoms with Crippen LogP contribution < -0.4 is 5.32 Å². The van der Waals surface area contributed by atoms with E-state index in [0.29, 0.717) is 6.10 Å². The van der Waals surface area contributed by atoms with Crippen LogP contribution in [0.25, 0.3) is 0 Å². The minimum Gasteiger partial charge on any atom is -0.368 e. The van der Waals surface area contributed by atoms with Gasteiger partial charge in [0.1, 0.15) is 6.61 Å². The second kappa shape index (κ2) is 6.50. The highest BCUT2D eigenvalue weighted by Gasteiger charge is 2.30. The van der Waals surface area contributed by atoms with Gasteiger partial charge in [0.25, 0.3) is 0 Å². The Kier molecular flexibility index (Phi) is 4.97. The molecule has 0 aromatic carbocycles. The summed E-state index contributed by atoms with van der Waals surface area (Å²) in [5.74, 6) is 0.888. The van der Waals surface area contributed by atoms with E-state index in [1.54, 1.807) is 0 Å². The molecule has 0 bridgehead atoms. The van der Waals surface area contributed by atoms with Crippen LogP contribution >= 0.6 is 0 Å². The fraction of sp³-hybridized carbons (Fsp3) is 0.923. The molecule has 1 saturated heterocycles. The third-order valence-electron chi connectivity index (χ3n) is 3.98. The topological polar surface area (TPSA) is 44.8 Å². The summed E-state index contributed by atoms with van der Waals surface area (Å²) in [5.41, 5.74) is 0. The summed E-state index contributed by atoms with van der Waals surface area (Å²) >= 11 is 0. The van der Waals surface area contributed by atoms with Crippen LogP contribution in [0.3, 0.4) is 0 Å². The number of ether oxygens (including phenoxy) is 1. The lowest BCUT2D eigenvalue weighted by molar-refractivity contribution is -0.142. The van der Waals surface area contributed by atoms with Crippen molar-refractivity contribution in [3.05, 3.63) is 0 Å². The molecule has 2 aliphatic rings. The van der Waals surface area contributed by atoms with Crippen molar-refractivity contribution in [2.24, 2.45) is 5.92 Å². The Balaban J connectivity index is 1.58. The maximum absolute atomic E-state index is 11.9. The van der Waals surface area contributed by atoms with E-state index in [1.807, 2.05) is 11.9 Å². The van der Waals surface area contributed by atoms with E-state index in [-0.39, 0.29) is 12.5 Å². The summed E-state index contributed by atoms with van der Waals surface area (Å²) in [4.78, 5) is 16.1. The molecule has 0 spiro atoms. The molecule has 0 aromatic rings. The first-order chi connectivity index (χ1) is 8.69. The van der Waals surface area contributed by atoms with Crippen LogP contribution in [0.1, 0.15) is 12.8 Å². The van der Waals surface area contributed by atoms with Gasteiger partial charge in [-0.1, -0.05) is 0 Å². The quantitative estimate of drug-likeness (QED) is 0.737. The smallest absolute Gasteiger partial charge is 0.248 e. The molecule has 1 heterocycles. The van der Waals surface area contributed by atoms with Crippen LogP contribution in [0.15, 0.2) is 0 Å². The zero-order chi connectivity index (χ0) is 13.0. The highest BCUT2D eigenvalue weighted by atomic mass is 16.5. The molecule has 0 unspecified atom stereocenters. The van der Waals surface area contributed by atoms with Gasteiger partial charge < -0.3 is 19.9 Å². The highest BCUT2D eigenvalue weighted by molar-refractivity contribution is 5.77. The van der Waals surface area contributed by atoms with Crippen LogP contribution in [0.5, 0.6) is 0 Å². The third-order valence-corrected chi connectivity index (χ3v) is 3.98. The predicted molar refractivity (Wildman–Crippen MR) is 70.5 cm³/mol. The summed E-state index contributed by atoms with van der Waals surface area (Å²) in [6.45, 7) is 4.95. The number of hydrogen-bond acceptors (Lipinski definition) is 4. The Morgan fingerprint density at radius 2 is 1.94 bits per heavy atom. The second-order valence-electron chi connectivity index (χ2n) is 5.51. The third kappa shape index (κ3) is 3.67. The van der Waals surface area contributed by atoms with E-state index in [9.17, 15) is 4.79 Å². The summed E-state index contributed by atoms with van der Waals surface area (Å²) in [6, 6.07) is 0. The Labute approximate surface area is 109 Å². The number of likely N-dealkylation sites (N-methyl/N-ethyl adjacent to an activating group) is 1. The predicted octanol–water partition coefficient (Wildman–Crippen LogP) is -0.225. The van der Waals surface area contributed by atoms with Gasteiger partial charge in [-0.05, 0) is 39.4 Å². The number of piperazine rings is 1. The minimum absolute atomic E-state index is 0.153. The van der Waals surface area contributed by atoms with E-state index >= 15 is 0 Å². The molecule has 0 radical (unpaired) electrons. The van der Waals surface area contributed by atoms with E-state index in [4.69, 9.17) is 4.74 Å². The molecule has 1 aliphatic carbocycles. The van der Waals surface area contributed by atoms with Crippen molar-refractivity contribution in [1.29, 1.82) is 0 Å². The molecule has 0 aromatic heterocycles. The van der Waals surface area contributed by atoms with Crippen LogP contribution in [0.4, 0.5) is 0 Å². The zero-order valence-corrected chi connectivity index (χ0v) is 11.5. The maximum Gasteiger partial charge on any atom is 0.248 e. The maximum atomic E-state index is 11.9. The van der Waals surface area contributed by atoms with Gasteiger partial charge in [-0.25, -0.2) is 0 Å². The molecular weight excluding hydrogens is 230 g/mol. The van der Waals surface area contributed by atoms with Crippen molar-refractivity contribution in [3.63, 3.8) is 0 Å². The molecule has 1 N–H and O–H groups in total. The first-order valence-electron chi connectivity index (χ1n) is 6.91. The molecule has 0 atom stereocenters. The fourth-order valence-electron chi connectivity index (χ4n) is 2.60. The van der Waals surface area contributed by atoms with Gasteiger partial charge in [0.2, 0.25) is 5.91 Å². The van der Waals surface area contributed by atoms with Crippen LogP contribution in [0, 0.1) is 5.92 Å². The molecule has 104 valence electrons. The summed E-state index contributed by atoms with van der Waals surface area (Å²) in [7, 11) is 4.07. The molecule has 18 heavy (non-hydrogen) atoms. The summed E-state index contributed by atoms with van der Waals surface area (Å²) in [6.07, 6.45) is 2.49. The average Bonchev–Trinajstić information content (AvgIpc) is 2.32. The van der Waals surface area contributed by atoms with Crippen molar-refractivity contribution in [2.45, 2.75) is 18.9 Å². The van der Waals surface area contributed by atoms with Crippen molar-refractivity contribution in [3.8, 4) is 0 Å². The Hall–Kier alpha value is -0.650. The lowest BCUT2D eigenvalue weighted by Gasteiger charge is -2.36. The van der Waals surface area contributed by atoms with Gasteiger partial charge in [0, 0.05) is 26.2 Å². The van der Waals surface area contributed by atoms with Gasteiger partial charge in [-0.15, -0.1) is 0 Å². The number of carbonyl (C=O) groups excluding carboxylic acids is 1. The highest BCUT2D eigenvalue weighted by Crippen LogP contribution is 2.29. The van der Waals surface area contributed by atoms with Crippen LogP contribution in [0.2, 0.25) is 0 Å². The molecule has 5 heteroatoms. The molecular formula is C13H25N3O2. The second-order valence-corrected chi connectivity index (χ2v) is 5.51. The van der Waals surface area contributed by atoms with Crippen molar-refractivity contribution >= 4 is 5.91 Å². The fourth-order valence-corrected chi connectivity index (χ4v) is 2.60. The standard InChI is InChI=1S/C13H25N3O2/c1-14-9-11-7-12(8-11)18-10-13(17)16-5-3-15(2)4-6-16/h11-12,14H,3-10H2,1-2H3. The number of hydrogen-bond donors (Lipinski definition) is 1. The Bertz CT molecular complexity index is 271. The first kappa shape index (κ1) is 13.8. The number of rotatable bonds is 5. The molecule has 2 fully saturated rings. The van der Waals surface area contributed by atoms with Crippen molar-refractivity contribution in [1.82, 2.24) is 15.1 Å². The average molecular weight is 255 g/mol. The van der Waals surface area contributed by atoms with E-state index in [1.165, 1.54) is 0 Å². The van der Waals surface area contributed by atoms with Gasteiger partial charge in [-0.2, -0.15) is 0 Å². The molecule has 1 aliphatic heterocycles. The van der Waals surface area contributed by atoms with Crippen LogP contribution in [-0.4, -0.2) is 75.2 Å². The van der Waals surface area contributed by atoms with Crippen molar-refractivity contribution in [2.75, 3.05) is 53.4 Å². The van der Waals surface area contributed by atoms with Gasteiger partial charge >= 0.3 is 0 Å². The van der Waals surface area contributed by atoms with Gasteiger partial charge in [0.15, 0.2) is 0 Å². The van der Waals surface area contributed by atoms with Gasteiger partial charge in [-0.3, -0.25) is 4.79 Å². The van der Waals surface area contributed by atoms with Crippen LogP contribution in [-0.2, 0) is 9.53 Å². The lowest BCUT2D eigenvalue weighted by Crippen LogP contribution is -2.49. The van der Waals surface area contributed by atoms with Gasteiger partial charge in [0.05, 0.1) is 6.10 Å². The van der Waals surface area contributed by atoms with E-state index < -0.39 is 0 Å². The van der Waals surface area contributed by atoms with E-state index in [2.05, 4.69) is 17.3 Å².